The normalized spacial score (nSPS) is 7.25. The predicted molar refractivity (Wildman–Crippen MR) is 36.7 cm³/mol. The van der Waals surface area contributed by atoms with Gasteiger partial charge in [-0.25, -0.2) is 0 Å². The van der Waals surface area contributed by atoms with E-state index < -0.39 is 0 Å². The van der Waals surface area contributed by atoms with Crippen LogP contribution in [0.15, 0.2) is 0 Å². The van der Waals surface area contributed by atoms with Crippen molar-refractivity contribution >= 4 is 29.2 Å². The van der Waals surface area contributed by atoms with Crippen molar-refractivity contribution in [1.29, 1.82) is 0 Å². The summed E-state index contributed by atoms with van der Waals surface area (Å²) < 4.78 is 0.425. The topological polar surface area (TPSA) is 32.3 Å². The van der Waals surface area contributed by atoms with Gasteiger partial charge in [0.2, 0.25) is 0 Å². The van der Waals surface area contributed by atoms with E-state index in [-0.39, 0.29) is 23.7 Å². The second kappa shape index (κ2) is 7.72. The van der Waals surface area contributed by atoms with Gasteiger partial charge in [0.1, 0.15) is 4.32 Å². The summed E-state index contributed by atoms with van der Waals surface area (Å²) in [6, 6.07) is 0. The zero-order chi connectivity index (χ0) is 5.70. The number of thiol groups is 1. The van der Waals surface area contributed by atoms with E-state index in [0.717, 1.165) is 0 Å². The molecule has 0 aliphatic rings. The summed E-state index contributed by atoms with van der Waals surface area (Å²) in [5.74, 6) is 0. The summed E-state index contributed by atoms with van der Waals surface area (Å²) in [4.78, 5) is 0. The third-order valence-electron chi connectivity index (χ3n) is 0.388. The number of hydrogen-bond acceptors (Lipinski definition) is 2. The molecular formula is C3H7CuNOS2. The second-order valence-electron chi connectivity index (χ2n) is 0.956. The Labute approximate surface area is 69.9 Å². The first-order valence-electron chi connectivity index (χ1n) is 1.85. The van der Waals surface area contributed by atoms with Gasteiger partial charge in [0.15, 0.2) is 0 Å². The molecule has 0 aromatic heterocycles. The van der Waals surface area contributed by atoms with Crippen molar-refractivity contribution in [2.75, 3.05) is 13.2 Å². The maximum atomic E-state index is 8.16. The molecule has 2 nitrogen and oxygen atoms in total. The Morgan fingerprint density at radius 2 is 2.25 bits per heavy atom. The number of aliphatic hydroxyl groups is 1. The minimum Gasteiger partial charge on any atom is -0.395 e. The van der Waals surface area contributed by atoms with E-state index in [2.05, 4.69) is 30.2 Å². The summed E-state index contributed by atoms with van der Waals surface area (Å²) in [5, 5.41) is 10.8. The van der Waals surface area contributed by atoms with E-state index >= 15 is 0 Å². The van der Waals surface area contributed by atoms with Crippen molar-refractivity contribution in [3.8, 4) is 0 Å². The number of aliphatic hydroxyl groups excluding tert-OH is 1. The van der Waals surface area contributed by atoms with Crippen molar-refractivity contribution in [3.63, 3.8) is 0 Å². The van der Waals surface area contributed by atoms with Gasteiger partial charge < -0.3 is 10.4 Å². The molecule has 0 saturated carbocycles. The van der Waals surface area contributed by atoms with Crippen LogP contribution in [-0.2, 0) is 17.1 Å². The third kappa shape index (κ3) is 9.87. The standard InChI is InChI=1S/C3H7NOS2.Cu/c5-2-1-4-3(6)7;/h5H,1-2H2,(H2,4,6,7);. The first kappa shape index (κ1) is 11.5. The van der Waals surface area contributed by atoms with Gasteiger partial charge in [-0.3, -0.25) is 0 Å². The van der Waals surface area contributed by atoms with Crippen LogP contribution in [0.3, 0.4) is 0 Å². The fourth-order valence-electron chi connectivity index (χ4n) is 0.163. The van der Waals surface area contributed by atoms with E-state index in [1.807, 2.05) is 0 Å². The van der Waals surface area contributed by atoms with E-state index in [1.54, 1.807) is 0 Å². The molecule has 0 spiro atoms. The average Bonchev–Trinajstić information content (AvgIpc) is 1.61. The third-order valence-corrected chi connectivity index (χ3v) is 0.690. The summed E-state index contributed by atoms with van der Waals surface area (Å²) in [6.45, 7) is 0.586. The summed E-state index contributed by atoms with van der Waals surface area (Å²) >= 11 is 8.24. The monoisotopic (exact) mass is 200 g/mol. The fraction of sp³-hybridized carbons (Fsp3) is 0.667. The summed E-state index contributed by atoms with van der Waals surface area (Å²) in [6.07, 6.45) is 0. The molecule has 0 bridgehead atoms. The Kier molecular flexibility index (Phi) is 11.1. The molecule has 0 aliphatic heterocycles. The van der Waals surface area contributed by atoms with Gasteiger partial charge >= 0.3 is 0 Å². The molecule has 0 aliphatic carbocycles. The van der Waals surface area contributed by atoms with Gasteiger partial charge in [-0.15, -0.1) is 12.6 Å². The molecule has 5 heteroatoms. The first-order chi connectivity index (χ1) is 3.27. The number of rotatable bonds is 2. The summed E-state index contributed by atoms with van der Waals surface area (Å²) in [7, 11) is 0. The van der Waals surface area contributed by atoms with Gasteiger partial charge in [-0.1, -0.05) is 12.2 Å². The largest absolute Gasteiger partial charge is 0.395 e. The van der Waals surface area contributed by atoms with Crippen LogP contribution in [0.5, 0.6) is 0 Å². The van der Waals surface area contributed by atoms with E-state index in [4.69, 9.17) is 5.11 Å². The van der Waals surface area contributed by atoms with Gasteiger partial charge in [-0.05, 0) is 0 Å². The Morgan fingerprint density at radius 1 is 1.75 bits per heavy atom. The van der Waals surface area contributed by atoms with Gasteiger partial charge in [0, 0.05) is 23.6 Å². The zero-order valence-electron chi connectivity index (χ0n) is 4.02. The molecule has 0 atom stereocenters. The minimum absolute atomic E-state index is 0. The van der Waals surface area contributed by atoms with E-state index in [0.29, 0.717) is 10.9 Å². The smallest absolute Gasteiger partial charge is 0.130 e. The zero-order valence-corrected chi connectivity index (χ0v) is 6.67. The van der Waals surface area contributed by atoms with Crippen LogP contribution in [0.2, 0.25) is 0 Å². The molecule has 8 heavy (non-hydrogen) atoms. The molecule has 0 fully saturated rings. The van der Waals surface area contributed by atoms with Gasteiger partial charge in [0.25, 0.3) is 0 Å². The number of hydrogen-bond donors (Lipinski definition) is 3. The summed E-state index contributed by atoms with van der Waals surface area (Å²) in [5.41, 5.74) is 0. The SMILES string of the molecule is OCCNC(=S)S.[Cu]. The molecule has 0 aromatic rings. The van der Waals surface area contributed by atoms with Crippen LogP contribution in [0.4, 0.5) is 0 Å². The fourth-order valence-corrected chi connectivity index (χ4v) is 0.377. The van der Waals surface area contributed by atoms with Crippen molar-refractivity contribution in [3.05, 3.63) is 0 Å². The van der Waals surface area contributed by atoms with Crippen LogP contribution in [0.25, 0.3) is 0 Å². The molecule has 0 saturated heterocycles. The molecular weight excluding hydrogens is 194 g/mol. The Hall–Kier alpha value is 0.719. The molecule has 2 N–H and O–H groups in total. The molecule has 0 unspecified atom stereocenters. The number of nitrogens with one attached hydrogen (secondary N) is 1. The maximum Gasteiger partial charge on any atom is 0.130 e. The first-order valence-corrected chi connectivity index (χ1v) is 2.70. The maximum absolute atomic E-state index is 8.16. The van der Waals surface area contributed by atoms with E-state index in [1.165, 1.54) is 0 Å². The van der Waals surface area contributed by atoms with Crippen molar-refractivity contribution < 1.29 is 22.2 Å². The van der Waals surface area contributed by atoms with E-state index in [9.17, 15) is 0 Å². The minimum atomic E-state index is 0. The van der Waals surface area contributed by atoms with Gasteiger partial charge in [0.05, 0.1) is 6.61 Å². The van der Waals surface area contributed by atoms with Crippen molar-refractivity contribution in [1.82, 2.24) is 5.32 Å². The molecule has 0 aromatic carbocycles. The van der Waals surface area contributed by atoms with Crippen LogP contribution in [-0.4, -0.2) is 22.6 Å². The second-order valence-corrected chi connectivity index (χ2v) is 2.11. The predicted octanol–water partition coefficient (Wildman–Crippen LogP) is -0.220. The Bertz CT molecular complexity index is 70.3. The van der Waals surface area contributed by atoms with Crippen LogP contribution >= 0.6 is 24.8 Å². The number of thiocarbonyl (C=S) groups is 1. The Balaban J connectivity index is 0. The quantitative estimate of drug-likeness (QED) is 0.328. The average molecular weight is 201 g/mol. The molecule has 1 radical (unpaired) electrons. The van der Waals surface area contributed by atoms with Crippen molar-refractivity contribution in [2.45, 2.75) is 0 Å². The van der Waals surface area contributed by atoms with Crippen LogP contribution in [0, 0.1) is 0 Å². The van der Waals surface area contributed by atoms with Gasteiger partial charge in [-0.2, -0.15) is 0 Å². The molecule has 0 rings (SSSR count). The molecule has 53 valence electrons. The molecule has 0 amide bonds. The van der Waals surface area contributed by atoms with Crippen LogP contribution < -0.4 is 5.32 Å². The van der Waals surface area contributed by atoms with Crippen molar-refractivity contribution in [2.24, 2.45) is 0 Å². The molecule has 0 heterocycles. The van der Waals surface area contributed by atoms with Crippen LogP contribution in [0.1, 0.15) is 0 Å². The Morgan fingerprint density at radius 3 is 2.38 bits per heavy atom.